The number of carbonyl (C=O) groups excluding carboxylic acids is 1. The molecule has 0 atom stereocenters. The van der Waals surface area contributed by atoms with Crippen LogP contribution in [-0.2, 0) is 6.42 Å². The summed E-state index contributed by atoms with van der Waals surface area (Å²) in [4.78, 5) is 11.7. The van der Waals surface area contributed by atoms with Gasteiger partial charge in [-0.2, -0.15) is 0 Å². The Morgan fingerprint density at radius 3 is 2.72 bits per heavy atom. The zero-order chi connectivity index (χ0) is 12.5. The molecule has 3 rings (SSSR count). The van der Waals surface area contributed by atoms with Gasteiger partial charge in [-0.1, -0.05) is 30.3 Å². The van der Waals surface area contributed by atoms with Crippen molar-refractivity contribution in [2.45, 2.75) is 6.42 Å². The van der Waals surface area contributed by atoms with E-state index in [9.17, 15) is 4.79 Å². The van der Waals surface area contributed by atoms with Gasteiger partial charge >= 0.3 is 0 Å². The van der Waals surface area contributed by atoms with Gasteiger partial charge in [0.05, 0.1) is 11.3 Å². The third kappa shape index (κ3) is 1.63. The maximum absolute atomic E-state index is 11.7. The highest BCUT2D eigenvalue weighted by molar-refractivity contribution is 6.01. The Bertz CT molecular complexity index is 622. The normalized spacial score (nSPS) is 12.1. The largest absolute Gasteiger partial charge is 0.354 e. The number of benzene rings is 2. The molecule has 0 spiro atoms. The molecule has 0 unspecified atom stereocenters. The first-order chi connectivity index (χ1) is 8.79. The van der Waals surface area contributed by atoms with Crippen molar-refractivity contribution in [1.82, 2.24) is 5.43 Å². The molecule has 1 aliphatic heterocycles. The van der Waals surface area contributed by atoms with Gasteiger partial charge in [0.1, 0.15) is 0 Å². The van der Waals surface area contributed by atoms with Crippen molar-refractivity contribution in [3.8, 4) is 0 Å². The van der Waals surface area contributed by atoms with Gasteiger partial charge in [-0.05, 0) is 23.3 Å². The average Bonchev–Trinajstić information content (AvgIpc) is 2.43. The summed E-state index contributed by atoms with van der Waals surface area (Å²) in [6, 6.07) is 13.7. The van der Waals surface area contributed by atoms with E-state index in [-0.39, 0.29) is 5.91 Å². The highest BCUT2D eigenvalue weighted by Gasteiger charge is 2.19. The summed E-state index contributed by atoms with van der Waals surface area (Å²) in [5, 5.41) is 3.31. The number of amides is 1. The SMILES string of the molecule is NNC(=O)c1cccc2c1Nc1ccccc1C2. The van der Waals surface area contributed by atoms with Crippen LogP contribution in [0.3, 0.4) is 0 Å². The summed E-state index contributed by atoms with van der Waals surface area (Å²) in [6.07, 6.45) is 0.824. The summed E-state index contributed by atoms with van der Waals surface area (Å²) >= 11 is 0. The van der Waals surface area contributed by atoms with Gasteiger partial charge in [0.25, 0.3) is 5.91 Å². The van der Waals surface area contributed by atoms with Crippen LogP contribution in [0, 0.1) is 0 Å². The van der Waals surface area contributed by atoms with E-state index in [0.717, 1.165) is 23.4 Å². The number of rotatable bonds is 1. The quantitative estimate of drug-likeness (QED) is 0.345. The number of hydrogen-bond donors (Lipinski definition) is 3. The van der Waals surface area contributed by atoms with Crippen molar-refractivity contribution in [1.29, 1.82) is 0 Å². The van der Waals surface area contributed by atoms with Gasteiger partial charge in [-0.3, -0.25) is 10.2 Å². The van der Waals surface area contributed by atoms with Crippen molar-refractivity contribution in [3.05, 3.63) is 59.2 Å². The summed E-state index contributed by atoms with van der Waals surface area (Å²) in [6.45, 7) is 0. The molecule has 4 heteroatoms. The standard InChI is InChI=1S/C14H13N3O/c15-17-14(18)11-6-3-5-10-8-9-4-1-2-7-12(9)16-13(10)11/h1-7,16H,8,15H2,(H,17,18). The van der Waals surface area contributed by atoms with Gasteiger partial charge in [0, 0.05) is 12.1 Å². The van der Waals surface area contributed by atoms with E-state index in [1.165, 1.54) is 5.56 Å². The second kappa shape index (κ2) is 4.16. The van der Waals surface area contributed by atoms with Crippen molar-refractivity contribution in [2.75, 3.05) is 5.32 Å². The summed E-state index contributed by atoms with van der Waals surface area (Å²) in [5.74, 6) is 4.93. The molecular formula is C14H13N3O. The minimum atomic E-state index is -0.279. The van der Waals surface area contributed by atoms with Crippen LogP contribution in [0.4, 0.5) is 11.4 Å². The van der Waals surface area contributed by atoms with Crippen LogP contribution < -0.4 is 16.6 Å². The Labute approximate surface area is 105 Å². The average molecular weight is 239 g/mol. The molecule has 1 heterocycles. The number of nitrogens with two attached hydrogens (primary N) is 1. The lowest BCUT2D eigenvalue weighted by Gasteiger charge is -2.23. The molecule has 0 bridgehead atoms. The molecule has 0 saturated carbocycles. The fourth-order valence-corrected chi connectivity index (χ4v) is 2.30. The van der Waals surface area contributed by atoms with Crippen LogP contribution in [0.2, 0.25) is 0 Å². The van der Waals surface area contributed by atoms with E-state index >= 15 is 0 Å². The van der Waals surface area contributed by atoms with Crippen LogP contribution in [0.15, 0.2) is 42.5 Å². The maximum atomic E-state index is 11.7. The van der Waals surface area contributed by atoms with Gasteiger partial charge < -0.3 is 5.32 Å². The minimum absolute atomic E-state index is 0.279. The molecule has 4 nitrogen and oxygen atoms in total. The molecule has 0 radical (unpaired) electrons. The highest BCUT2D eigenvalue weighted by atomic mass is 16.2. The maximum Gasteiger partial charge on any atom is 0.267 e. The van der Waals surface area contributed by atoms with E-state index in [4.69, 9.17) is 5.84 Å². The smallest absolute Gasteiger partial charge is 0.267 e. The van der Waals surface area contributed by atoms with E-state index in [1.807, 2.05) is 30.3 Å². The van der Waals surface area contributed by atoms with Crippen LogP contribution in [0.5, 0.6) is 0 Å². The lowest BCUT2D eigenvalue weighted by Crippen LogP contribution is -2.31. The third-order valence-electron chi connectivity index (χ3n) is 3.18. The summed E-state index contributed by atoms with van der Waals surface area (Å²) < 4.78 is 0. The van der Waals surface area contributed by atoms with E-state index < -0.39 is 0 Å². The second-order valence-corrected chi connectivity index (χ2v) is 4.27. The Morgan fingerprint density at radius 2 is 1.89 bits per heavy atom. The van der Waals surface area contributed by atoms with Crippen LogP contribution in [-0.4, -0.2) is 5.91 Å². The number of hydrazine groups is 1. The van der Waals surface area contributed by atoms with Crippen LogP contribution >= 0.6 is 0 Å². The molecule has 0 saturated heterocycles. The topological polar surface area (TPSA) is 67.1 Å². The van der Waals surface area contributed by atoms with Crippen LogP contribution in [0.1, 0.15) is 21.5 Å². The fraction of sp³-hybridized carbons (Fsp3) is 0.0714. The number of nitrogens with one attached hydrogen (secondary N) is 2. The van der Waals surface area contributed by atoms with E-state index in [1.54, 1.807) is 6.07 Å². The first-order valence-electron chi connectivity index (χ1n) is 5.77. The van der Waals surface area contributed by atoms with Gasteiger partial charge in [-0.25, -0.2) is 5.84 Å². The molecule has 2 aromatic carbocycles. The molecular weight excluding hydrogens is 226 g/mol. The Kier molecular flexibility index (Phi) is 2.50. The number of carbonyl (C=O) groups is 1. The first kappa shape index (κ1) is 10.8. The van der Waals surface area contributed by atoms with Gasteiger partial charge in [-0.15, -0.1) is 0 Å². The van der Waals surface area contributed by atoms with E-state index in [0.29, 0.717) is 5.56 Å². The number of hydrogen-bond acceptors (Lipinski definition) is 3. The first-order valence-corrected chi connectivity index (χ1v) is 5.77. The molecule has 0 aliphatic carbocycles. The summed E-state index contributed by atoms with van der Waals surface area (Å²) in [5.41, 5.74) is 6.98. The van der Waals surface area contributed by atoms with Gasteiger partial charge in [0.15, 0.2) is 0 Å². The number of anilines is 2. The van der Waals surface area contributed by atoms with Crippen molar-refractivity contribution >= 4 is 17.3 Å². The molecule has 0 aromatic heterocycles. The highest BCUT2D eigenvalue weighted by Crippen LogP contribution is 2.34. The minimum Gasteiger partial charge on any atom is -0.354 e. The number of nitrogen functional groups attached to an aromatic ring is 1. The fourth-order valence-electron chi connectivity index (χ4n) is 2.30. The number of para-hydroxylation sites is 2. The molecule has 1 aliphatic rings. The molecule has 90 valence electrons. The second-order valence-electron chi connectivity index (χ2n) is 4.27. The lowest BCUT2D eigenvalue weighted by atomic mass is 9.94. The van der Waals surface area contributed by atoms with Crippen LogP contribution in [0.25, 0.3) is 0 Å². The zero-order valence-electron chi connectivity index (χ0n) is 9.73. The van der Waals surface area contributed by atoms with Crippen molar-refractivity contribution in [3.63, 3.8) is 0 Å². The summed E-state index contributed by atoms with van der Waals surface area (Å²) in [7, 11) is 0. The third-order valence-corrected chi connectivity index (χ3v) is 3.18. The molecule has 1 amide bonds. The molecule has 4 N–H and O–H groups in total. The predicted octanol–water partition coefficient (Wildman–Crippen LogP) is 1.94. The molecule has 2 aromatic rings. The predicted molar refractivity (Wildman–Crippen MR) is 70.6 cm³/mol. The number of fused-ring (bicyclic) bond motifs is 2. The Balaban J connectivity index is 2.10. The molecule has 0 fully saturated rings. The lowest BCUT2D eigenvalue weighted by molar-refractivity contribution is 0.0954. The molecule has 18 heavy (non-hydrogen) atoms. The van der Waals surface area contributed by atoms with Crippen molar-refractivity contribution in [2.24, 2.45) is 5.84 Å². The van der Waals surface area contributed by atoms with Crippen molar-refractivity contribution < 1.29 is 4.79 Å². The monoisotopic (exact) mass is 239 g/mol. The van der Waals surface area contributed by atoms with Gasteiger partial charge in [0.2, 0.25) is 0 Å². The Hall–Kier alpha value is -2.33. The zero-order valence-corrected chi connectivity index (χ0v) is 9.73. The van der Waals surface area contributed by atoms with E-state index in [2.05, 4.69) is 16.8 Å². The Morgan fingerprint density at radius 1 is 1.11 bits per heavy atom.